The number of allylic oxidation sites excluding steroid dienone is 1. The first-order valence-electron chi connectivity index (χ1n) is 20.1. The molecule has 0 unspecified atom stereocenters. The van der Waals surface area contributed by atoms with E-state index >= 15 is 0 Å². The lowest BCUT2D eigenvalue weighted by Crippen LogP contribution is -2.31. The maximum absolute atomic E-state index is 13.2. The summed E-state index contributed by atoms with van der Waals surface area (Å²) in [5.41, 5.74) is 0. The van der Waals surface area contributed by atoms with Crippen LogP contribution in [0.3, 0.4) is 0 Å². The Kier molecular flexibility index (Phi) is 30.3. The molecule has 0 aromatic carbocycles. The van der Waals surface area contributed by atoms with Crippen molar-refractivity contribution in [3.63, 3.8) is 0 Å². The molecule has 1 aliphatic heterocycles. The minimum atomic E-state index is -0.227. The second-order valence-electron chi connectivity index (χ2n) is 13.7. The maximum Gasteiger partial charge on any atom is 0.306 e. The molecule has 0 spiro atoms. The van der Waals surface area contributed by atoms with Gasteiger partial charge in [-0.25, -0.2) is 0 Å². The number of esters is 2. The molecule has 1 rings (SSSR count). The van der Waals surface area contributed by atoms with Crippen molar-refractivity contribution in [1.82, 2.24) is 9.80 Å². The molecule has 0 bridgehead atoms. The summed E-state index contributed by atoms with van der Waals surface area (Å²) < 4.78 is 11.4. The highest BCUT2D eigenvalue weighted by Gasteiger charge is 2.18. The van der Waals surface area contributed by atoms with E-state index in [0.29, 0.717) is 39.0 Å². The van der Waals surface area contributed by atoms with Crippen molar-refractivity contribution in [2.45, 2.75) is 181 Å². The van der Waals surface area contributed by atoms with Crippen LogP contribution >= 0.6 is 11.8 Å². The Morgan fingerprint density at radius 1 is 0.688 bits per heavy atom. The summed E-state index contributed by atoms with van der Waals surface area (Å²) in [4.78, 5) is 42.8. The molecule has 1 amide bonds. The highest BCUT2D eigenvalue weighted by atomic mass is 32.2. The van der Waals surface area contributed by atoms with E-state index in [1.807, 2.05) is 11.0 Å². The number of amides is 1. The van der Waals surface area contributed by atoms with E-state index in [-0.39, 0.29) is 29.7 Å². The van der Waals surface area contributed by atoms with Crippen molar-refractivity contribution in [3.05, 3.63) is 12.2 Å². The molecule has 0 aromatic rings. The molecule has 0 aliphatic carbocycles. The summed E-state index contributed by atoms with van der Waals surface area (Å²) in [5.74, 6) is 0.420. The van der Waals surface area contributed by atoms with Crippen molar-refractivity contribution < 1.29 is 23.9 Å². The predicted molar refractivity (Wildman–Crippen MR) is 204 cm³/mol. The molecule has 0 saturated carbocycles. The third-order valence-corrected chi connectivity index (χ3v) is 10.2. The van der Waals surface area contributed by atoms with E-state index < -0.39 is 0 Å². The van der Waals surface area contributed by atoms with Crippen molar-refractivity contribution in [2.24, 2.45) is 0 Å². The van der Waals surface area contributed by atoms with Gasteiger partial charge >= 0.3 is 11.9 Å². The Labute approximate surface area is 300 Å². The predicted octanol–water partition coefficient (Wildman–Crippen LogP) is 10.9. The molecule has 1 saturated heterocycles. The zero-order valence-electron chi connectivity index (χ0n) is 31.5. The minimum absolute atomic E-state index is 0.00608. The van der Waals surface area contributed by atoms with Gasteiger partial charge in [0.2, 0.25) is 0 Å². The van der Waals surface area contributed by atoms with Gasteiger partial charge in [-0.2, -0.15) is 0 Å². The summed E-state index contributed by atoms with van der Waals surface area (Å²) in [6.07, 6.45) is 29.3. The number of ether oxygens (including phenoxy) is 2. The van der Waals surface area contributed by atoms with Gasteiger partial charge in [0.15, 0.2) is 0 Å². The average Bonchev–Trinajstić information content (AvgIpc) is 3.60. The summed E-state index contributed by atoms with van der Waals surface area (Å²) in [7, 11) is 0. The second kappa shape index (κ2) is 32.7. The number of rotatable bonds is 32. The van der Waals surface area contributed by atoms with Crippen molar-refractivity contribution in [2.75, 3.05) is 45.1 Å². The third kappa shape index (κ3) is 26.3. The lowest BCUT2D eigenvalue weighted by atomic mass is 10.0. The Morgan fingerprint density at radius 2 is 1.25 bits per heavy atom. The van der Waals surface area contributed by atoms with Gasteiger partial charge in [0.25, 0.3) is 5.24 Å². The first-order valence-corrected chi connectivity index (χ1v) is 21.1. The Balaban J connectivity index is 2.52. The Hall–Kier alpha value is -1.54. The molecular weight excluding hydrogens is 621 g/mol. The van der Waals surface area contributed by atoms with Crippen LogP contribution in [0.2, 0.25) is 0 Å². The van der Waals surface area contributed by atoms with Gasteiger partial charge in [-0.1, -0.05) is 115 Å². The molecule has 48 heavy (non-hydrogen) atoms. The topological polar surface area (TPSA) is 76.1 Å². The first kappa shape index (κ1) is 44.5. The van der Waals surface area contributed by atoms with Gasteiger partial charge in [-0.15, -0.1) is 0 Å². The van der Waals surface area contributed by atoms with E-state index in [2.05, 4.69) is 31.7 Å². The fourth-order valence-corrected chi connectivity index (χ4v) is 7.03. The van der Waals surface area contributed by atoms with Gasteiger partial charge in [0, 0.05) is 31.7 Å². The van der Waals surface area contributed by atoms with E-state index in [4.69, 9.17) is 9.47 Å². The van der Waals surface area contributed by atoms with Crippen LogP contribution in [-0.2, 0) is 19.1 Å². The number of carbonyl (C=O) groups excluding carboxylic acids is 3. The van der Waals surface area contributed by atoms with Crippen LogP contribution in [0.15, 0.2) is 12.2 Å². The Morgan fingerprint density at radius 3 is 1.85 bits per heavy atom. The van der Waals surface area contributed by atoms with Crippen LogP contribution in [0.5, 0.6) is 0 Å². The van der Waals surface area contributed by atoms with Crippen LogP contribution in [0.25, 0.3) is 0 Å². The number of thioether (sulfide) groups is 1. The zero-order chi connectivity index (χ0) is 34.9. The van der Waals surface area contributed by atoms with Crippen LogP contribution < -0.4 is 0 Å². The highest BCUT2D eigenvalue weighted by Crippen LogP contribution is 2.19. The molecule has 1 heterocycles. The lowest BCUT2D eigenvalue weighted by Gasteiger charge is -2.23. The van der Waals surface area contributed by atoms with E-state index in [0.717, 1.165) is 50.8 Å². The van der Waals surface area contributed by atoms with Crippen LogP contribution in [0.4, 0.5) is 4.79 Å². The quantitative estimate of drug-likeness (QED) is 0.0394. The Bertz CT molecular complexity index is 803. The summed E-state index contributed by atoms with van der Waals surface area (Å²) in [6, 6.07) is 0. The van der Waals surface area contributed by atoms with Crippen LogP contribution in [0.1, 0.15) is 175 Å². The molecule has 280 valence electrons. The molecule has 0 N–H and O–H groups in total. The molecule has 0 atom stereocenters. The van der Waals surface area contributed by atoms with Gasteiger partial charge < -0.3 is 19.3 Å². The molecule has 0 aromatic heterocycles. The molecule has 0 radical (unpaired) electrons. The maximum atomic E-state index is 13.2. The largest absolute Gasteiger partial charge is 0.462 e. The molecular formula is C40H74N2O5S. The van der Waals surface area contributed by atoms with Crippen molar-refractivity contribution in [3.8, 4) is 0 Å². The van der Waals surface area contributed by atoms with Gasteiger partial charge in [-0.3, -0.25) is 14.4 Å². The van der Waals surface area contributed by atoms with Crippen LogP contribution in [-0.4, -0.2) is 78.2 Å². The summed E-state index contributed by atoms with van der Waals surface area (Å²) >= 11 is 1.37. The normalized spacial score (nSPS) is 13.5. The smallest absolute Gasteiger partial charge is 0.306 e. The number of unbranched alkanes of at least 4 members (excludes halogenated alkanes) is 12. The first-order chi connectivity index (χ1) is 23.5. The summed E-state index contributed by atoms with van der Waals surface area (Å²) in [6.45, 7) is 11.4. The SMILES string of the molecule is CCCCCCC=CCOC(=O)CCCN(CCCC(=O)OC(CCCCCCC)CCCCCCC)C(=O)SCCCN1CCCC1. The summed E-state index contributed by atoms with van der Waals surface area (Å²) in [5, 5.41) is 0.0428. The van der Waals surface area contributed by atoms with Crippen molar-refractivity contribution >= 4 is 28.9 Å². The average molecular weight is 695 g/mol. The van der Waals surface area contributed by atoms with Crippen molar-refractivity contribution in [1.29, 1.82) is 0 Å². The van der Waals surface area contributed by atoms with Gasteiger partial charge in [0.1, 0.15) is 12.7 Å². The highest BCUT2D eigenvalue weighted by molar-refractivity contribution is 8.13. The lowest BCUT2D eigenvalue weighted by molar-refractivity contribution is -0.150. The number of carbonyl (C=O) groups is 3. The third-order valence-electron chi connectivity index (χ3n) is 9.21. The number of likely N-dealkylation sites (tertiary alicyclic amines) is 1. The minimum Gasteiger partial charge on any atom is -0.462 e. The monoisotopic (exact) mass is 695 g/mol. The molecule has 1 fully saturated rings. The molecule has 7 nitrogen and oxygen atoms in total. The second-order valence-corrected chi connectivity index (χ2v) is 14.8. The fraction of sp³-hybridized carbons (Fsp3) is 0.875. The standard InChI is InChI=1S/C40H74N2O5S/c1-4-7-10-13-14-17-22-35-46-38(43)28-23-33-42(40(45)48-36-25-32-41-30-20-21-31-41)34-24-29-39(44)47-37(26-18-15-11-8-5-2)27-19-16-12-9-6-3/h17,22,37H,4-16,18-21,23-36H2,1-3H3. The van der Waals surface area contributed by atoms with E-state index in [9.17, 15) is 14.4 Å². The zero-order valence-corrected chi connectivity index (χ0v) is 32.3. The van der Waals surface area contributed by atoms with Gasteiger partial charge in [0.05, 0.1) is 0 Å². The van der Waals surface area contributed by atoms with Gasteiger partial charge in [-0.05, 0) is 90.3 Å². The van der Waals surface area contributed by atoms with Crippen LogP contribution in [0, 0.1) is 0 Å². The number of hydrogen-bond acceptors (Lipinski definition) is 7. The van der Waals surface area contributed by atoms with E-state index in [1.165, 1.54) is 115 Å². The molecule has 8 heteroatoms. The molecule has 1 aliphatic rings. The number of nitrogens with zero attached hydrogens (tertiary/aromatic N) is 2. The van der Waals surface area contributed by atoms with E-state index in [1.54, 1.807) is 0 Å². The fourth-order valence-electron chi connectivity index (χ4n) is 6.21. The number of hydrogen-bond donors (Lipinski definition) is 0.